The zero-order valence-electron chi connectivity index (χ0n) is 9.83. The van der Waals surface area contributed by atoms with Crippen LogP contribution in [0.25, 0.3) is 0 Å². The van der Waals surface area contributed by atoms with Gasteiger partial charge < -0.3 is 9.90 Å². The molecule has 1 aromatic rings. The molecule has 3 heteroatoms. The van der Waals surface area contributed by atoms with Crippen LogP contribution in [-0.4, -0.2) is 5.97 Å². The number of rotatable bonds is 3. The van der Waals surface area contributed by atoms with Crippen LogP contribution in [-0.2, 0) is 0 Å². The van der Waals surface area contributed by atoms with E-state index in [1.165, 1.54) is 0 Å². The summed E-state index contributed by atoms with van der Waals surface area (Å²) in [5.41, 5.74) is 2.25. The third kappa shape index (κ3) is 3.33. The molecule has 0 heterocycles. The first-order valence-electron chi connectivity index (χ1n) is 4.88. The predicted molar refractivity (Wildman–Crippen MR) is 54.2 cm³/mol. The average Bonchev–Trinajstić information content (AvgIpc) is 2.16. The Kier molecular flexibility index (Phi) is 6.18. The molecule has 0 saturated heterocycles. The largest absolute Gasteiger partial charge is 1.00 e. The molecule has 0 fully saturated rings. The van der Waals surface area contributed by atoms with E-state index in [0.717, 1.165) is 17.5 Å². The topological polar surface area (TPSA) is 40.1 Å². The molecule has 0 radical (unpaired) electrons. The van der Waals surface area contributed by atoms with Gasteiger partial charge in [0.2, 0.25) is 0 Å². The number of carboxylic acid groups (broad SMARTS) is 1. The monoisotopic (exact) mass is 214 g/mol. The van der Waals surface area contributed by atoms with Gasteiger partial charge in [0.05, 0.1) is 5.97 Å². The van der Waals surface area contributed by atoms with Crippen LogP contribution in [0.4, 0.5) is 0 Å². The maximum atomic E-state index is 10.8. The minimum atomic E-state index is -1.09. The number of carboxylic acids is 1. The summed E-state index contributed by atoms with van der Waals surface area (Å²) >= 11 is 0. The first-order valence-corrected chi connectivity index (χ1v) is 4.88. The third-order valence-electron chi connectivity index (χ3n) is 2.74. The van der Waals surface area contributed by atoms with Crippen molar-refractivity contribution in [1.82, 2.24) is 0 Å². The van der Waals surface area contributed by atoms with Gasteiger partial charge in [-0.3, -0.25) is 0 Å². The molecular weight excluding hydrogens is 199 g/mol. The molecule has 76 valence electrons. The van der Waals surface area contributed by atoms with Crippen molar-refractivity contribution in [3.63, 3.8) is 0 Å². The van der Waals surface area contributed by atoms with Crippen molar-refractivity contribution in [2.75, 3.05) is 0 Å². The van der Waals surface area contributed by atoms with Gasteiger partial charge in [0, 0.05) is 5.56 Å². The second-order valence-electron chi connectivity index (χ2n) is 3.62. The first kappa shape index (κ1) is 14.7. The maximum Gasteiger partial charge on any atom is 1.00 e. The molecule has 0 bridgehead atoms. The van der Waals surface area contributed by atoms with Crippen LogP contribution >= 0.6 is 0 Å². The Hall–Kier alpha value is -0.310. The number of carbonyl (C=O) groups is 1. The summed E-state index contributed by atoms with van der Waals surface area (Å²) in [6, 6.07) is 5.35. The molecule has 0 aliphatic heterocycles. The van der Waals surface area contributed by atoms with E-state index in [1.54, 1.807) is 12.1 Å². The average molecular weight is 214 g/mol. The Labute approximate surface area is 113 Å². The molecule has 1 atom stereocenters. The fourth-order valence-electron chi connectivity index (χ4n) is 1.63. The molecule has 0 saturated carbocycles. The molecular formula is C12H15NaO2. The number of hydrogen-bond acceptors (Lipinski definition) is 2. The molecule has 1 rings (SSSR count). The molecule has 1 unspecified atom stereocenters. The summed E-state index contributed by atoms with van der Waals surface area (Å²) in [4.78, 5) is 10.8. The van der Waals surface area contributed by atoms with Crippen molar-refractivity contribution in [2.45, 2.75) is 33.1 Å². The number of carbonyl (C=O) groups excluding carboxylic acids is 1. The summed E-state index contributed by atoms with van der Waals surface area (Å²) in [7, 11) is 0. The van der Waals surface area contributed by atoms with E-state index < -0.39 is 5.97 Å². The fraction of sp³-hybridized carbons (Fsp3) is 0.417. The van der Waals surface area contributed by atoms with Crippen LogP contribution in [0.15, 0.2) is 18.2 Å². The Morgan fingerprint density at radius 2 is 2.07 bits per heavy atom. The van der Waals surface area contributed by atoms with Gasteiger partial charge in [-0.1, -0.05) is 32.0 Å². The Morgan fingerprint density at radius 3 is 2.53 bits per heavy atom. The zero-order valence-corrected chi connectivity index (χ0v) is 11.8. The van der Waals surface area contributed by atoms with Crippen molar-refractivity contribution < 1.29 is 39.5 Å². The molecule has 0 aromatic heterocycles. The van der Waals surface area contributed by atoms with Crippen LogP contribution in [0.1, 0.15) is 47.7 Å². The van der Waals surface area contributed by atoms with Crippen LogP contribution in [0.3, 0.4) is 0 Å². The van der Waals surface area contributed by atoms with Gasteiger partial charge in [0.1, 0.15) is 0 Å². The van der Waals surface area contributed by atoms with E-state index in [-0.39, 0.29) is 29.6 Å². The van der Waals surface area contributed by atoms with Crippen molar-refractivity contribution in [2.24, 2.45) is 0 Å². The zero-order chi connectivity index (χ0) is 10.7. The Bertz CT molecular complexity index is 347. The van der Waals surface area contributed by atoms with E-state index in [9.17, 15) is 9.90 Å². The maximum absolute atomic E-state index is 10.8. The molecule has 2 nitrogen and oxygen atoms in total. The third-order valence-corrected chi connectivity index (χ3v) is 2.74. The quantitative estimate of drug-likeness (QED) is 0.598. The van der Waals surface area contributed by atoms with Gasteiger partial charge in [-0.2, -0.15) is 0 Å². The number of benzene rings is 1. The van der Waals surface area contributed by atoms with Gasteiger partial charge >= 0.3 is 29.6 Å². The van der Waals surface area contributed by atoms with E-state index in [1.807, 2.05) is 13.0 Å². The van der Waals surface area contributed by atoms with Gasteiger partial charge in [0.15, 0.2) is 0 Å². The smallest absolute Gasteiger partial charge is 0.545 e. The molecule has 0 aliphatic carbocycles. The van der Waals surface area contributed by atoms with Crippen molar-refractivity contribution >= 4 is 5.97 Å². The van der Waals surface area contributed by atoms with E-state index in [0.29, 0.717) is 11.5 Å². The van der Waals surface area contributed by atoms with E-state index >= 15 is 0 Å². The van der Waals surface area contributed by atoms with Crippen LogP contribution in [0.5, 0.6) is 0 Å². The van der Waals surface area contributed by atoms with Crippen LogP contribution < -0.4 is 34.7 Å². The van der Waals surface area contributed by atoms with E-state index in [2.05, 4.69) is 13.8 Å². The van der Waals surface area contributed by atoms with Crippen molar-refractivity contribution in [1.29, 1.82) is 0 Å². The molecule has 0 N–H and O–H groups in total. The summed E-state index contributed by atoms with van der Waals surface area (Å²) in [5, 5.41) is 10.8. The standard InChI is InChI=1S/C12H16O2.Na/c1-4-8(2)10-6-5-7-11(9(10)3)12(13)14;/h5-8H,4H2,1-3H3,(H,13,14);/q;+1/p-1. The van der Waals surface area contributed by atoms with Gasteiger partial charge in [0.25, 0.3) is 0 Å². The SMILES string of the molecule is CCC(C)c1cccc(C(=O)[O-])c1C.[Na+]. The second-order valence-corrected chi connectivity index (χ2v) is 3.62. The van der Waals surface area contributed by atoms with Crippen LogP contribution in [0.2, 0.25) is 0 Å². The normalized spacial score (nSPS) is 11.7. The molecule has 0 aliphatic rings. The number of aromatic carboxylic acids is 1. The summed E-state index contributed by atoms with van der Waals surface area (Å²) in [6.07, 6.45) is 1.01. The Balaban J connectivity index is 0.00000196. The molecule has 0 spiro atoms. The fourth-order valence-corrected chi connectivity index (χ4v) is 1.63. The van der Waals surface area contributed by atoms with Crippen LogP contribution in [0, 0.1) is 6.92 Å². The molecule has 0 amide bonds. The predicted octanol–water partition coefficient (Wildman–Crippen LogP) is -1.12. The summed E-state index contributed by atoms with van der Waals surface area (Å²) < 4.78 is 0. The number of hydrogen-bond donors (Lipinski definition) is 0. The second kappa shape index (κ2) is 6.31. The molecule has 1 aromatic carbocycles. The molecule has 15 heavy (non-hydrogen) atoms. The van der Waals surface area contributed by atoms with Crippen molar-refractivity contribution in [3.05, 3.63) is 34.9 Å². The van der Waals surface area contributed by atoms with Gasteiger partial charge in [-0.05, 0) is 30.4 Å². The minimum Gasteiger partial charge on any atom is -0.545 e. The van der Waals surface area contributed by atoms with Crippen molar-refractivity contribution in [3.8, 4) is 0 Å². The Morgan fingerprint density at radius 1 is 1.47 bits per heavy atom. The van der Waals surface area contributed by atoms with Gasteiger partial charge in [-0.25, -0.2) is 0 Å². The van der Waals surface area contributed by atoms with E-state index in [4.69, 9.17) is 0 Å². The van der Waals surface area contributed by atoms with Gasteiger partial charge in [-0.15, -0.1) is 0 Å². The minimum absolute atomic E-state index is 0. The summed E-state index contributed by atoms with van der Waals surface area (Å²) in [6.45, 7) is 6.03. The summed E-state index contributed by atoms with van der Waals surface area (Å²) in [5.74, 6) is -0.693. The first-order chi connectivity index (χ1) is 6.57.